The normalized spacial score (nSPS) is 15.8. The summed E-state index contributed by atoms with van der Waals surface area (Å²) in [4.78, 5) is 59.2. The number of rotatable bonds is 14. The third-order valence-corrected chi connectivity index (χ3v) is 4.88. The molecule has 0 rings (SSSR count). The second-order valence-corrected chi connectivity index (χ2v) is 7.72. The fraction of sp³-hybridized carbons (Fsp3) is 0.737. The van der Waals surface area contributed by atoms with E-state index in [4.69, 9.17) is 10.8 Å². The van der Waals surface area contributed by atoms with Crippen molar-refractivity contribution in [3.63, 3.8) is 0 Å². The second-order valence-electron chi connectivity index (χ2n) is 7.72. The third kappa shape index (κ3) is 9.75. The maximum Gasteiger partial charge on any atom is 0.326 e. The summed E-state index contributed by atoms with van der Waals surface area (Å²) in [7, 11) is 0. The van der Waals surface area contributed by atoms with E-state index in [9.17, 15) is 34.2 Å². The first kappa shape index (κ1) is 28.3. The van der Waals surface area contributed by atoms with Crippen LogP contribution in [0.4, 0.5) is 0 Å². The largest absolute Gasteiger partial charge is 0.481 e. The molecule has 0 spiro atoms. The summed E-state index contributed by atoms with van der Waals surface area (Å²) in [6.45, 7) is 6.07. The fourth-order valence-electron chi connectivity index (χ4n) is 2.55. The molecule has 0 aliphatic carbocycles. The van der Waals surface area contributed by atoms with Crippen LogP contribution in [-0.2, 0) is 24.0 Å². The zero-order valence-corrected chi connectivity index (χ0v) is 18.3. The van der Waals surface area contributed by atoms with E-state index in [1.165, 1.54) is 0 Å². The smallest absolute Gasteiger partial charge is 0.326 e. The first-order valence-corrected chi connectivity index (χ1v) is 10.1. The van der Waals surface area contributed by atoms with Crippen LogP contribution in [0, 0.1) is 11.8 Å². The van der Waals surface area contributed by atoms with Crippen molar-refractivity contribution in [1.29, 1.82) is 0 Å². The highest BCUT2D eigenvalue weighted by molar-refractivity contribution is 5.94. The molecule has 0 radical (unpaired) electrons. The molecule has 12 nitrogen and oxygen atoms in total. The number of aliphatic hydroxyl groups is 1. The Morgan fingerprint density at radius 1 is 0.871 bits per heavy atom. The van der Waals surface area contributed by atoms with Crippen molar-refractivity contribution >= 4 is 29.7 Å². The number of carboxylic acid groups (broad SMARTS) is 2. The van der Waals surface area contributed by atoms with Crippen molar-refractivity contribution in [2.45, 2.75) is 71.1 Å². The molecular weight excluding hydrogens is 412 g/mol. The molecule has 178 valence electrons. The average molecular weight is 447 g/mol. The number of carbonyl (C=O) groups is 5. The second kappa shape index (κ2) is 13.5. The number of amides is 3. The lowest BCUT2D eigenvalue weighted by molar-refractivity contribution is -0.143. The molecule has 0 heterocycles. The number of carbonyl (C=O) groups excluding carboxylic acids is 3. The van der Waals surface area contributed by atoms with Crippen LogP contribution in [0.2, 0.25) is 0 Å². The molecule has 0 saturated heterocycles. The molecule has 0 aromatic carbocycles. The minimum atomic E-state index is -1.45. The zero-order valence-electron chi connectivity index (χ0n) is 18.3. The Balaban J connectivity index is 5.21. The van der Waals surface area contributed by atoms with Gasteiger partial charge in [0.2, 0.25) is 17.7 Å². The van der Waals surface area contributed by atoms with Gasteiger partial charge < -0.3 is 37.0 Å². The Morgan fingerprint density at radius 3 is 1.84 bits per heavy atom. The van der Waals surface area contributed by atoms with E-state index in [0.29, 0.717) is 6.42 Å². The third-order valence-electron chi connectivity index (χ3n) is 4.88. The lowest BCUT2D eigenvalue weighted by atomic mass is 9.99. The Kier molecular flexibility index (Phi) is 12.4. The topological polar surface area (TPSA) is 208 Å². The first-order valence-electron chi connectivity index (χ1n) is 10.1. The van der Waals surface area contributed by atoms with Crippen molar-refractivity contribution in [3.8, 4) is 0 Å². The van der Waals surface area contributed by atoms with E-state index in [2.05, 4.69) is 16.0 Å². The fourth-order valence-corrected chi connectivity index (χ4v) is 2.55. The Hall–Kier alpha value is -2.73. The van der Waals surface area contributed by atoms with Gasteiger partial charge in [-0.05, 0) is 18.3 Å². The van der Waals surface area contributed by atoms with Gasteiger partial charge in [-0.3, -0.25) is 19.2 Å². The Labute approximate surface area is 180 Å². The van der Waals surface area contributed by atoms with Crippen molar-refractivity contribution < 1.29 is 39.3 Å². The van der Waals surface area contributed by atoms with E-state index >= 15 is 0 Å². The summed E-state index contributed by atoms with van der Waals surface area (Å²) in [5.74, 6) is -5.58. The molecule has 0 aliphatic heterocycles. The molecular formula is C19H34N4O8. The van der Waals surface area contributed by atoms with Gasteiger partial charge in [0.1, 0.15) is 18.1 Å². The molecule has 12 heteroatoms. The monoisotopic (exact) mass is 446 g/mol. The van der Waals surface area contributed by atoms with Gasteiger partial charge in [-0.15, -0.1) is 0 Å². The van der Waals surface area contributed by atoms with Gasteiger partial charge in [-0.25, -0.2) is 4.79 Å². The summed E-state index contributed by atoms with van der Waals surface area (Å²) in [6.07, 6.45) is -0.171. The molecule has 0 aromatic rings. The van der Waals surface area contributed by atoms with Crippen molar-refractivity contribution in [1.82, 2.24) is 16.0 Å². The van der Waals surface area contributed by atoms with E-state index in [1.807, 2.05) is 6.92 Å². The summed E-state index contributed by atoms with van der Waals surface area (Å²) >= 11 is 0. The van der Waals surface area contributed by atoms with Crippen LogP contribution in [0.3, 0.4) is 0 Å². The molecule has 0 aromatic heterocycles. The minimum Gasteiger partial charge on any atom is -0.481 e. The van der Waals surface area contributed by atoms with Gasteiger partial charge in [0.25, 0.3) is 0 Å². The summed E-state index contributed by atoms with van der Waals surface area (Å²) in [5.41, 5.74) is 5.82. The van der Waals surface area contributed by atoms with E-state index < -0.39 is 72.8 Å². The quantitative estimate of drug-likeness (QED) is 0.164. The van der Waals surface area contributed by atoms with Gasteiger partial charge in [-0.2, -0.15) is 0 Å². The van der Waals surface area contributed by atoms with Gasteiger partial charge in [0.15, 0.2) is 0 Å². The number of hydrogen-bond donors (Lipinski definition) is 7. The van der Waals surface area contributed by atoms with Crippen LogP contribution in [-0.4, -0.2) is 75.8 Å². The molecule has 0 fully saturated rings. The number of carboxylic acids is 2. The van der Waals surface area contributed by atoms with Crippen LogP contribution < -0.4 is 21.7 Å². The number of nitrogens with one attached hydrogen (secondary N) is 3. The molecule has 0 aliphatic rings. The molecule has 8 N–H and O–H groups in total. The molecule has 0 bridgehead atoms. The Morgan fingerprint density at radius 2 is 1.42 bits per heavy atom. The van der Waals surface area contributed by atoms with Gasteiger partial charge >= 0.3 is 11.9 Å². The molecule has 5 atom stereocenters. The highest BCUT2D eigenvalue weighted by Gasteiger charge is 2.32. The van der Waals surface area contributed by atoms with Crippen LogP contribution in [0.15, 0.2) is 0 Å². The lowest BCUT2D eigenvalue weighted by Crippen LogP contribution is -2.59. The van der Waals surface area contributed by atoms with Crippen molar-refractivity contribution in [2.24, 2.45) is 17.6 Å². The Bertz CT molecular complexity index is 655. The van der Waals surface area contributed by atoms with Crippen molar-refractivity contribution in [3.05, 3.63) is 0 Å². The van der Waals surface area contributed by atoms with Gasteiger partial charge in [-0.1, -0.05) is 34.1 Å². The predicted molar refractivity (Wildman–Crippen MR) is 110 cm³/mol. The zero-order chi connectivity index (χ0) is 24.3. The van der Waals surface area contributed by atoms with E-state index in [0.717, 1.165) is 0 Å². The van der Waals surface area contributed by atoms with E-state index in [-0.39, 0.29) is 12.3 Å². The summed E-state index contributed by atoms with van der Waals surface area (Å²) in [5, 5.41) is 34.3. The van der Waals surface area contributed by atoms with Crippen LogP contribution in [0.5, 0.6) is 0 Å². The SMILES string of the molecule is CCC(C)C(N)C(=O)NC(CO)C(=O)NC(C(=O)NC(CCC(=O)O)C(=O)O)C(C)C. The highest BCUT2D eigenvalue weighted by Crippen LogP contribution is 2.07. The first-order chi connectivity index (χ1) is 14.3. The van der Waals surface area contributed by atoms with Crippen LogP contribution in [0.25, 0.3) is 0 Å². The average Bonchev–Trinajstić information content (AvgIpc) is 2.70. The maximum atomic E-state index is 12.5. The number of nitrogens with two attached hydrogens (primary N) is 1. The van der Waals surface area contributed by atoms with E-state index in [1.54, 1.807) is 20.8 Å². The standard InChI is InChI=1S/C19H34N4O8/c1-5-10(4)14(20)17(28)22-12(8-24)16(27)23-15(9(2)3)18(29)21-11(19(30)31)6-7-13(25)26/h9-12,14-15,24H,5-8,20H2,1-4H3,(H,21,29)(H,22,28)(H,23,27)(H,25,26)(H,30,31). The number of hydrogen-bond acceptors (Lipinski definition) is 7. The molecule has 3 amide bonds. The van der Waals surface area contributed by atoms with Crippen LogP contribution in [0.1, 0.15) is 47.0 Å². The summed E-state index contributed by atoms with van der Waals surface area (Å²) < 4.78 is 0. The number of aliphatic hydroxyl groups excluding tert-OH is 1. The summed E-state index contributed by atoms with van der Waals surface area (Å²) in [6, 6.07) is -4.89. The van der Waals surface area contributed by atoms with Crippen molar-refractivity contribution in [2.75, 3.05) is 6.61 Å². The van der Waals surface area contributed by atoms with Gasteiger partial charge in [0, 0.05) is 6.42 Å². The van der Waals surface area contributed by atoms with Crippen LogP contribution >= 0.6 is 0 Å². The van der Waals surface area contributed by atoms with Gasteiger partial charge in [0.05, 0.1) is 12.6 Å². The maximum absolute atomic E-state index is 12.5. The highest BCUT2D eigenvalue weighted by atomic mass is 16.4. The predicted octanol–water partition coefficient (Wildman–Crippen LogP) is -1.59. The molecule has 5 unspecified atom stereocenters. The molecule has 0 saturated carbocycles. The number of aliphatic carboxylic acids is 2. The molecule has 31 heavy (non-hydrogen) atoms. The minimum absolute atomic E-state index is 0.157. The lowest BCUT2D eigenvalue weighted by Gasteiger charge is -2.27.